The van der Waals surface area contributed by atoms with E-state index in [1.807, 2.05) is 6.26 Å². The van der Waals surface area contributed by atoms with Crippen molar-refractivity contribution in [1.29, 1.82) is 0 Å². The van der Waals surface area contributed by atoms with Crippen LogP contribution in [-0.2, 0) is 14.3 Å². The van der Waals surface area contributed by atoms with E-state index in [0.29, 0.717) is 6.42 Å². The quantitative estimate of drug-likeness (QED) is 0.503. The van der Waals surface area contributed by atoms with Crippen molar-refractivity contribution in [3.8, 4) is 0 Å². The van der Waals surface area contributed by atoms with Crippen molar-refractivity contribution in [1.82, 2.24) is 0 Å². The van der Waals surface area contributed by atoms with Gasteiger partial charge in [-0.2, -0.15) is 11.8 Å². The summed E-state index contributed by atoms with van der Waals surface area (Å²) >= 11 is 1.57. The van der Waals surface area contributed by atoms with Crippen molar-refractivity contribution in [3.63, 3.8) is 0 Å². The first-order valence-corrected chi connectivity index (χ1v) is 5.47. The molecule has 0 saturated heterocycles. The molecule has 0 bridgehead atoms. The maximum absolute atomic E-state index is 11.2. The molecule has 0 heterocycles. The minimum absolute atomic E-state index is 0.280. The molecule has 4 nitrogen and oxygen atoms in total. The molecular weight excluding hydrogens is 190 g/mol. The van der Waals surface area contributed by atoms with Gasteiger partial charge in [0.05, 0.1) is 6.61 Å². The minimum Gasteiger partial charge on any atom is -0.465 e. The molecule has 0 aliphatic carbocycles. The third-order valence-electron chi connectivity index (χ3n) is 1.53. The number of carbonyl (C=O) groups excluding carboxylic acids is 2. The highest BCUT2D eigenvalue weighted by atomic mass is 32.2. The lowest BCUT2D eigenvalue weighted by molar-refractivity contribution is -0.151. The van der Waals surface area contributed by atoms with Gasteiger partial charge in [-0.1, -0.05) is 0 Å². The Morgan fingerprint density at radius 2 is 2.15 bits per heavy atom. The second-order valence-corrected chi connectivity index (χ2v) is 3.47. The van der Waals surface area contributed by atoms with E-state index in [-0.39, 0.29) is 6.61 Å². The lowest BCUT2D eigenvalue weighted by Crippen LogP contribution is -2.32. The molecule has 0 aliphatic heterocycles. The molecule has 0 fully saturated rings. The topological polar surface area (TPSA) is 69.4 Å². The molecule has 0 spiro atoms. The van der Waals surface area contributed by atoms with Gasteiger partial charge in [0.25, 0.3) is 0 Å². The van der Waals surface area contributed by atoms with Crippen LogP contribution in [0, 0.1) is 5.92 Å². The van der Waals surface area contributed by atoms with Crippen molar-refractivity contribution < 1.29 is 14.3 Å². The number of amides is 1. The Hall–Kier alpha value is -0.710. The van der Waals surface area contributed by atoms with Crippen LogP contribution in [0.4, 0.5) is 0 Å². The number of rotatable bonds is 6. The van der Waals surface area contributed by atoms with Crippen LogP contribution in [0.15, 0.2) is 0 Å². The third-order valence-corrected chi connectivity index (χ3v) is 2.17. The number of hydrogen-bond acceptors (Lipinski definition) is 4. The lowest BCUT2D eigenvalue weighted by Gasteiger charge is -2.10. The molecule has 0 radical (unpaired) electrons. The van der Waals surface area contributed by atoms with Gasteiger partial charge in [-0.05, 0) is 25.4 Å². The Kier molecular flexibility index (Phi) is 6.40. The Bertz CT molecular complexity index is 184. The molecule has 5 heteroatoms. The van der Waals surface area contributed by atoms with Crippen LogP contribution >= 0.6 is 11.8 Å². The summed E-state index contributed by atoms with van der Waals surface area (Å²) in [7, 11) is 0. The average molecular weight is 205 g/mol. The minimum atomic E-state index is -0.785. The number of nitrogens with two attached hydrogens (primary N) is 1. The van der Waals surface area contributed by atoms with Crippen molar-refractivity contribution in [2.45, 2.75) is 13.3 Å². The molecule has 0 aromatic heterocycles. The largest absolute Gasteiger partial charge is 0.465 e. The van der Waals surface area contributed by atoms with E-state index in [0.717, 1.165) is 5.75 Å². The molecule has 0 rings (SSSR count). The summed E-state index contributed by atoms with van der Waals surface area (Å²) < 4.78 is 4.71. The van der Waals surface area contributed by atoms with Gasteiger partial charge in [0.1, 0.15) is 5.92 Å². The van der Waals surface area contributed by atoms with Gasteiger partial charge in [-0.25, -0.2) is 0 Å². The van der Waals surface area contributed by atoms with Gasteiger partial charge in [-0.3, -0.25) is 9.59 Å². The van der Waals surface area contributed by atoms with Crippen molar-refractivity contribution in [2.75, 3.05) is 18.6 Å². The highest BCUT2D eigenvalue weighted by Gasteiger charge is 2.24. The zero-order chi connectivity index (χ0) is 10.3. The fraction of sp³-hybridized carbons (Fsp3) is 0.750. The molecule has 76 valence electrons. The number of carbonyl (C=O) groups is 2. The SMILES string of the molecule is CCOC(=O)C(CCSC)C(N)=O. The highest BCUT2D eigenvalue weighted by molar-refractivity contribution is 7.98. The second-order valence-electron chi connectivity index (χ2n) is 2.49. The van der Waals surface area contributed by atoms with Gasteiger partial charge >= 0.3 is 5.97 Å². The maximum atomic E-state index is 11.2. The molecule has 2 N–H and O–H groups in total. The molecule has 1 unspecified atom stereocenters. The number of ether oxygens (including phenoxy) is 1. The summed E-state index contributed by atoms with van der Waals surface area (Å²) in [6.45, 7) is 1.98. The molecular formula is C8H15NO3S. The first-order valence-electron chi connectivity index (χ1n) is 4.08. The van der Waals surface area contributed by atoms with E-state index >= 15 is 0 Å². The van der Waals surface area contributed by atoms with E-state index in [4.69, 9.17) is 10.5 Å². The molecule has 0 aromatic carbocycles. The summed E-state index contributed by atoms with van der Waals surface area (Å²) in [5.74, 6) is -1.17. The monoisotopic (exact) mass is 205 g/mol. The van der Waals surface area contributed by atoms with E-state index in [9.17, 15) is 9.59 Å². The molecule has 0 aromatic rings. The Labute approximate surface area is 82.2 Å². The molecule has 1 amide bonds. The predicted octanol–water partition coefficient (Wildman–Crippen LogP) is 0.404. The zero-order valence-corrected chi connectivity index (χ0v) is 8.73. The fourth-order valence-electron chi connectivity index (χ4n) is 0.855. The van der Waals surface area contributed by atoms with Crippen LogP contribution in [0.25, 0.3) is 0 Å². The van der Waals surface area contributed by atoms with Crippen LogP contribution in [0.5, 0.6) is 0 Å². The number of thioether (sulfide) groups is 1. The summed E-state index contributed by atoms with van der Waals surface area (Å²) in [5, 5.41) is 0. The molecule has 13 heavy (non-hydrogen) atoms. The van der Waals surface area contributed by atoms with E-state index in [2.05, 4.69) is 0 Å². The van der Waals surface area contributed by atoms with Crippen LogP contribution < -0.4 is 5.73 Å². The number of hydrogen-bond donors (Lipinski definition) is 1. The van der Waals surface area contributed by atoms with Gasteiger partial charge in [0.2, 0.25) is 5.91 Å². The predicted molar refractivity (Wildman–Crippen MR) is 52.3 cm³/mol. The van der Waals surface area contributed by atoms with E-state index in [1.165, 1.54) is 0 Å². The Morgan fingerprint density at radius 3 is 2.54 bits per heavy atom. The Morgan fingerprint density at radius 1 is 1.54 bits per heavy atom. The van der Waals surface area contributed by atoms with E-state index in [1.54, 1.807) is 18.7 Å². The van der Waals surface area contributed by atoms with Crippen LogP contribution in [0.1, 0.15) is 13.3 Å². The van der Waals surface area contributed by atoms with Crippen LogP contribution in [0.2, 0.25) is 0 Å². The molecule has 0 saturated carbocycles. The summed E-state index contributed by atoms with van der Waals surface area (Å²) in [4.78, 5) is 22.0. The van der Waals surface area contributed by atoms with Crippen LogP contribution in [0.3, 0.4) is 0 Å². The second kappa shape index (κ2) is 6.77. The molecule has 0 aliphatic rings. The Balaban J connectivity index is 4.07. The molecule has 1 atom stereocenters. The van der Waals surface area contributed by atoms with Gasteiger partial charge < -0.3 is 10.5 Å². The number of esters is 1. The summed E-state index contributed by atoms with van der Waals surface area (Å²) in [6.07, 6.45) is 2.36. The summed E-state index contributed by atoms with van der Waals surface area (Å²) in [5.41, 5.74) is 5.06. The van der Waals surface area contributed by atoms with Crippen LogP contribution in [-0.4, -0.2) is 30.5 Å². The van der Waals surface area contributed by atoms with Gasteiger partial charge in [0, 0.05) is 0 Å². The van der Waals surface area contributed by atoms with Gasteiger partial charge in [-0.15, -0.1) is 0 Å². The average Bonchev–Trinajstić information content (AvgIpc) is 2.05. The zero-order valence-electron chi connectivity index (χ0n) is 7.91. The third kappa shape index (κ3) is 4.77. The maximum Gasteiger partial charge on any atom is 0.318 e. The van der Waals surface area contributed by atoms with Crippen molar-refractivity contribution >= 4 is 23.6 Å². The fourth-order valence-corrected chi connectivity index (χ4v) is 1.33. The smallest absolute Gasteiger partial charge is 0.318 e. The highest BCUT2D eigenvalue weighted by Crippen LogP contribution is 2.09. The number of primary amides is 1. The van der Waals surface area contributed by atoms with Gasteiger partial charge in [0.15, 0.2) is 0 Å². The van der Waals surface area contributed by atoms with E-state index < -0.39 is 17.8 Å². The normalized spacial score (nSPS) is 12.2. The lowest BCUT2D eigenvalue weighted by atomic mass is 10.1. The standard InChI is InChI=1S/C8H15NO3S/c1-3-12-8(11)6(7(9)10)4-5-13-2/h6H,3-5H2,1-2H3,(H2,9,10). The summed E-state index contributed by atoms with van der Waals surface area (Å²) in [6, 6.07) is 0. The first kappa shape index (κ1) is 12.3. The van der Waals surface area contributed by atoms with Crippen molar-refractivity contribution in [2.24, 2.45) is 11.7 Å². The van der Waals surface area contributed by atoms with Crippen molar-refractivity contribution in [3.05, 3.63) is 0 Å². The first-order chi connectivity index (χ1) is 6.13.